The van der Waals surface area contributed by atoms with Gasteiger partial charge < -0.3 is 5.11 Å². The van der Waals surface area contributed by atoms with E-state index in [1.165, 1.54) is 0 Å². The molecule has 0 aliphatic carbocycles. The third kappa shape index (κ3) is 2.87. The Morgan fingerprint density at radius 1 is 1.32 bits per heavy atom. The molecule has 1 aromatic heterocycles. The third-order valence-corrected chi connectivity index (χ3v) is 3.67. The lowest BCUT2D eigenvalue weighted by Crippen LogP contribution is -2.04. The lowest BCUT2D eigenvalue weighted by Gasteiger charge is -2.10. The Morgan fingerprint density at radius 3 is 2.58 bits per heavy atom. The van der Waals surface area contributed by atoms with Gasteiger partial charge in [-0.15, -0.1) is 0 Å². The molecule has 0 saturated carbocycles. The first-order valence-electron chi connectivity index (χ1n) is 6.49. The first kappa shape index (κ1) is 14.2. The monoisotopic (exact) mass is 323 g/mol. The standard InChI is InChI=1S/C14H18BrN3O/c1-4-13-16-14(5-2)18(17-13)12-7-6-10(9(3)19)8-11(12)15/h6-9,19H,4-5H2,1-3H3/t9-/m1/s1. The number of hydrogen-bond acceptors (Lipinski definition) is 3. The molecule has 0 fully saturated rings. The fourth-order valence-electron chi connectivity index (χ4n) is 1.92. The van der Waals surface area contributed by atoms with Crippen LogP contribution in [0.15, 0.2) is 22.7 Å². The summed E-state index contributed by atoms with van der Waals surface area (Å²) < 4.78 is 2.78. The largest absolute Gasteiger partial charge is 0.389 e. The van der Waals surface area contributed by atoms with E-state index in [-0.39, 0.29) is 0 Å². The Balaban J connectivity index is 2.49. The van der Waals surface area contributed by atoms with Crippen LogP contribution in [0.25, 0.3) is 5.69 Å². The highest BCUT2D eigenvalue weighted by molar-refractivity contribution is 9.10. The minimum atomic E-state index is -0.474. The molecule has 2 rings (SSSR count). The molecule has 0 radical (unpaired) electrons. The molecule has 5 heteroatoms. The average molecular weight is 324 g/mol. The zero-order valence-corrected chi connectivity index (χ0v) is 13.0. The summed E-state index contributed by atoms with van der Waals surface area (Å²) in [5.41, 5.74) is 1.83. The molecule has 4 nitrogen and oxygen atoms in total. The maximum atomic E-state index is 9.60. The van der Waals surface area contributed by atoms with E-state index in [1.54, 1.807) is 6.92 Å². The first-order chi connectivity index (χ1) is 9.06. The zero-order valence-electron chi connectivity index (χ0n) is 11.4. The van der Waals surface area contributed by atoms with Crippen molar-refractivity contribution in [1.82, 2.24) is 14.8 Å². The predicted octanol–water partition coefficient (Wildman–Crippen LogP) is 3.21. The van der Waals surface area contributed by atoms with Crippen molar-refractivity contribution in [2.45, 2.75) is 39.7 Å². The Labute approximate surface area is 121 Å². The van der Waals surface area contributed by atoms with Crippen molar-refractivity contribution in [1.29, 1.82) is 0 Å². The summed E-state index contributed by atoms with van der Waals surface area (Å²) in [5.74, 6) is 1.80. The molecule has 0 bridgehead atoms. The number of aliphatic hydroxyl groups is 1. The van der Waals surface area contributed by atoms with Crippen molar-refractivity contribution in [3.8, 4) is 5.69 Å². The van der Waals surface area contributed by atoms with E-state index in [0.717, 1.165) is 40.2 Å². The van der Waals surface area contributed by atoms with Gasteiger partial charge in [0.05, 0.1) is 11.8 Å². The molecule has 1 atom stereocenters. The van der Waals surface area contributed by atoms with Crippen LogP contribution in [-0.2, 0) is 12.8 Å². The van der Waals surface area contributed by atoms with Crippen molar-refractivity contribution in [2.75, 3.05) is 0 Å². The molecule has 1 N–H and O–H groups in total. The molecule has 19 heavy (non-hydrogen) atoms. The van der Waals surface area contributed by atoms with E-state index >= 15 is 0 Å². The quantitative estimate of drug-likeness (QED) is 0.939. The smallest absolute Gasteiger partial charge is 0.151 e. The molecule has 1 aromatic carbocycles. The van der Waals surface area contributed by atoms with Gasteiger partial charge in [0.2, 0.25) is 0 Å². The van der Waals surface area contributed by atoms with E-state index in [9.17, 15) is 5.11 Å². The number of nitrogens with zero attached hydrogens (tertiary/aromatic N) is 3. The van der Waals surface area contributed by atoms with Gasteiger partial charge in [-0.25, -0.2) is 9.67 Å². The molecule has 102 valence electrons. The van der Waals surface area contributed by atoms with Crippen molar-refractivity contribution in [2.24, 2.45) is 0 Å². The highest BCUT2D eigenvalue weighted by Gasteiger charge is 2.13. The van der Waals surface area contributed by atoms with Gasteiger partial charge in [0.25, 0.3) is 0 Å². The van der Waals surface area contributed by atoms with Crippen LogP contribution >= 0.6 is 15.9 Å². The fraction of sp³-hybridized carbons (Fsp3) is 0.429. The molecular formula is C14H18BrN3O. The molecule has 1 heterocycles. The SMILES string of the molecule is CCc1nc(CC)n(-c2ccc([C@@H](C)O)cc2Br)n1. The lowest BCUT2D eigenvalue weighted by molar-refractivity contribution is 0.199. The van der Waals surface area contributed by atoms with E-state index in [1.807, 2.05) is 29.8 Å². The maximum absolute atomic E-state index is 9.60. The van der Waals surface area contributed by atoms with Crippen LogP contribution < -0.4 is 0 Å². The van der Waals surface area contributed by atoms with Crippen LogP contribution in [0.5, 0.6) is 0 Å². The minimum absolute atomic E-state index is 0.474. The van der Waals surface area contributed by atoms with Crippen molar-refractivity contribution >= 4 is 15.9 Å². The van der Waals surface area contributed by atoms with Crippen LogP contribution in [0.1, 0.15) is 44.1 Å². The Bertz CT molecular complexity index is 578. The Kier molecular flexibility index (Phi) is 4.37. The van der Waals surface area contributed by atoms with Gasteiger partial charge in [0.15, 0.2) is 5.82 Å². The van der Waals surface area contributed by atoms with Gasteiger partial charge in [-0.05, 0) is 40.5 Å². The van der Waals surface area contributed by atoms with Gasteiger partial charge in [0, 0.05) is 17.3 Å². The van der Waals surface area contributed by atoms with Crippen LogP contribution in [-0.4, -0.2) is 19.9 Å². The molecular weight excluding hydrogens is 306 g/mol. The number of aliphatic hydroxyl groups excluding tert-OH is 1. The number of rotatable bonds is 4. The second kappa shape index (κ2) is 5.84. The van der Waals surface area contributed by atoms with E-state index in [0.29, 0.717) is 0 Å². The van der Waals surface area contributed by atoms with Gasteiger partial charge >= 0.3 is 0 Å². The first-order valence-corrected chi connectivity index (χ1v) is 7.28. The summed E-state index contributed by atoms with van der Waals surface area (Å²) >= 11 is 3.55. The van der Waals surface area contributed by atoms with Crippen molar-refractivity contribution in [3.05, 3.63) is 39.9 Å². The molecule has 0 unspecified atom stereocenters. The molecule has 0 saturated heterocycles. The number of aromatic nitrogens is 3. The normalized spacial score (nSPS) is 12.7. The highest BCUT2D eigenvalue weighted by atomic mass is 79.9. The molecule has 2 aromatic rings. The fourth-order valence-corrected chi connectivity index (χ4v) is 2.48. The molecule has 0 aliphatic heterocycles. The summed E-state index contributed by atoms with van der Waals surface area (Å²) in [7, 11) is 0. The summed E-state index contributed by atoms with van der Waals surface area (Å²) in [4.78, 5) is 4.50. The van der Waals surface area contributed by atoms with E-state index in [4.69, 9.17) is 0 Å². The van der Waals surface area contributed by atoms with Gasteiger partial charge in [-0.2, -0.15) is 5.10 Å². The van der Waals surface area contributed by atoms with Crippen molar-refractivity contribution in [3.63, 3.8) is 0 Å². The van der Waals surface area contributed by atoms with Crippen LogP contribution in [0.3, 0.4) is 0 Å². The predicted molar refractivity (Wildman–Crippen MR) is 78.4 cm³/mol. The number of hydrogen-bond donors (Lipinski definition) is 1. The number of aryl methyl sites for hydroxylation is 2. The molecule has 0 amide bonds. The van der Waals surface area contributed by atoms with Crippen LogP contribution in [0.2, 0.25) is 0 Å². The summed E-state index contributed by atoms with van der Waals surface area (Å²) in [5, 5.41) is 14.1. The Morgan fingerprint density at radius 2 is 2.05 bits per heavy atom. The van der Waals surface area contributed by atoms with Crippen molar-refractivity contribution < 1.29 is 5.11 Å². The van der Waals surface area contributed by atoms with Gasteiger partial charge in [-0.1, -0.05) is 19.9 Å². The molecule has 0 aliphatic rings. The second-order valence-corrected chi connectivity index (χ2v) is 5.30. The van der Waals surface area contributed by atoms with Crippen LogP contribution in [0, 0.1) is 0 Å². The third-order valence-electron chi connectivity index (χ3n) is 3.03. The summed E-state index contributed by atoms with van der Waals surface area (Å²) in [6.45, 7) is 5.87. The maximum Gasteiger partial charge on any atom is 0.151 e. The highest BCUT2D eigenvalue weighted by Crippen LogP contribution is 2.26. The van der Waals surface area contributed by atoms with Gasteiger partial charge in [0.1, 0.15) is 5.82 Å². The summed E-state index contributed by atoms with van der Waals surface area (Å²) in [6, 6.07) is 5.80. The number of halogens is 1. The topological polar surface area (TPSA) is 50.9 Å². The average Bonchev–Trinajstić information content (AvgIpc) is 2.81. The van der Waals surface area contributed by atoms with Crippen LogP contribution in [0.4, 0.5) is 0 Å². The minimum Gasteiger partial charge on any atom is -0.389 e. The van der Waals surface area contributed by atoms with E-state index in [2.05, 4.69) is 32.9 Å². The second-order valence-electron chi connectivity index (χ2n) is 4.45. The lowest BCUT2D eigenvalue weighted by atomic mass is 10.1. The Hall–Kier alpha value is -1.20. The zero-order chi connectivity index (χ0) is 14.0. The van der Waals surface area contributed by atoms with E-state index < -0.39 is 6.10 Å². The molecule has 0 spiro atoms. The number of benzene rings is 1. The van der Waals surface area contributed by atoms with Gasteiger partial charge in [-0.3, -0.25) is 0 Å². The summed E-state index contributed by atoms with van der Waals surface area (Å²) in [6.07, 6.45) is 1.18.